The summed E-state index contributed by atoms with van der Waals surface area (Å²) in [6.45, 7) is 1.85. The molecule has 0 aliphatic rings. The molecule has 0 saturated carbocycles. The Bertz CT molecular complexity index is 874. The summed E-state index contributed by atoms with van der Waals surface area (Å²) in [6, 6.07) is 10.2. The standard InChI is InChI=1S/C17H14F3N3O2/c1-11-9-23(10-22-11)15-7-2-12(21)8-16(15)24-13-3-5-14(6-4-13)25-17(18,19)20/h2-10H,21H2,1H3. The fraction of sp³-hybridized carbons (Fsp3) is 0.118. The first-order valence-corrected chi connectivity index (χ1v) is 7.24. The number of aromatic nitrogens is 2. The number of hydrogen-bond donors (Lipinski definition) is 1. The highest BCUT2D eigenvalue weighted by atomic mass is 19.4. The largest absolute Gasteiger partial charge is 0.573 e. The highest BCUT2D eigenvalue weighted by Crippen LogP contribution is 2.32. The van der Waals surface area contributed by atoms with Crippen molar-refractivity contribution in [3.8, 4) is 22.9 Å². The third-order valence-corrected chi connectivity index (χ3v) is 3.26. The second kappa shape index (κ2) is 6.39. The molecule has 25 heavy (non-hydrogen) atoms. The molecule has 0 radical (unpaired) electrons. The molecular weight excluding hydrogens is 335 g/mol. The molecule has 1 heterocycles. The van der Waals surface area contributed by atoms with E-state index in [1.54, 1.807) is 29.1 Å². The summed E-state index contributed by atoms with van der Waals surface area (Å²) >= 11 is 0. The zero-order chi connectivity index (χ0) is 18.0. The first kappa shape index (κ1) is 16.7. The van der Waals surface area contributed by atoms with Gasteiger partial charge in [0.05, 0.1) is 17.7 Å². The molecule has 1 aromatic heterocycles. The Morgan fingerprint density at radius 1 is 1.04 bits per heavy atom. The number of nitrogens with zero attached hydrogens (tertiary/aromatic N) is 2. The van der Waals surface area contributed by atoms with Gasteiger partial charge in [-0.05, 0) is 43.3 Å². The van der Waals surface area contributed by atoms with Crippen LogP contribution < -0.4 is 15.2 Å². The minimum atomic E-state index is -4.73. The van der Waals surface area contributed by atoms with Gasteiger partial charge in [-0.25, -0.2) is 4.98 Å². The van der Waals surface area contributed by atoms with Crippen LogP contribution in [-0.4, -0.2) is 15.9 Å². The van der Waals surface area contributed by atoms with Crippen LogP contribution in [0.4, 0.5) is 18.9 Å². The normalized spacial score (nSPS) is 11.4. The monoisotopic (exact) mass is 349 g/mol. The van der Waals surface area contributed by atoms with Crippen LogP contribution in [0.25, 0.3) is 5.69 Å². The third kappa shape index (κ3) is 4.23. The molecule has 0 amide bonds. The van der Waals surface area contributed by atoms with E-state index < -0.39 is 6.36 Å². The van der Waals surface area contributed by atoms with E-state index in [0.717, 1.165) is 5.69 Å². The Morgan fingerprint density at radius 2 is 1.72 bits per heavy atom. The van der Waals surface area contributed by atoms with Gasteiger partial charge in [0.1, 0.15) is 11.5 Å². The predicted molar refractivity (Wildman–Crippen MR) is 85.9 cm³/mol. The van der Waals surface area contributed by atoms with E-state index in [9.17, 15) is 13.2 Å². The molecule has 0 unspecified atom stereocenters. The first-order valence-electron chi connectivity index (χ1n) is 7.24. The van der Waals surface area contributed by atoms with Crippen molar-refractivity contribution in [3.63, 3.8) is 0 Å². The van der Waals surface area contributed by atoms with Gasteiger partial charge in [0.25, 0.3) is 0 Å². The van der Waals surface area contributed by atoms with Crippen molar-refractivity contribution < 1.29 is 22.6 Å². The Labute approximate surface area is 141 Å². The predicted octanol–water partition coefficient (Wildman–Crippen LogP) is 4.45. The van der Waals surface area contributed by atoms with E-state index in [2.05, 4.69) is 9.72 Å². The number of alkyl halides is 3. The number of hydrogen-bond acceptors (Lipinski definition) is 4. The van der Waals surface area contributed by atoms with Crippen molar-refractivity contribution in [3.05, 3.63) is 60.7 Å². The van der Waals surface area contributed by atoms with Crippen LogP contribution in [0, 0.1) is 6.92 Å². The maximum atomic E-state index is 12.2. The second-order valence-corrected chi connectivity index (χ2v) is 5.27. The van der Waals surface area contributed by atoms with Gasteiger partial charge in [-0.15, -0.1) is 13.2 Å². The van der Waals surface area contributed by atoms with Gasteiger partial charge in [0.15, 0.2) is 5.75 Å². The van der Waals surface area contributed by atoms with Crippen LogP contribution in [0.5, 0.6) is 17.2 Å². The first-order chi connectivity index (χ1) is 11.8. The van der Waals surface area contributed by atoms with Crippen molar-refractivity contribution in [1.29, 1.82) is 0 Å². The van der Waals surface area contributed by atoms with E-state index in [1.807, 2.05) is 13.1 Å². The number of ether oxygens (including phenoxy) is 2. The minimum absolute atomic E-state index is 0.321. The van der Waals surface area contributed by atoms with Crippen LogP contribution in [-0.2, 0) is 0 Å². The fourth-order valence-corrected chi connectivity index (χ4v) is 2.22. The number of rotatable bonds is 4. The summed E-state index contributed by atoms with van der Waals surface area (Å²) in [6.07, 6.45) is -1.28. The summed E-state index contributed by atoms with van der Waals surface area (Å²) < 4.78 is 48.0. The second-order valence-electron chi connectivity index (χ2n) is 5.27. The fourth-order valence-electron chi connectivity index (χ4n) is 2.22. The highest BCUT2D eigenvalue weighted by molar-refractivity contribution is 5.57. The molecule has 5 nitrogen and oxygen atoms in total. The van der Waals surface area contributed by atoms with Crippen molar-refractivity contribution in [1.82, 2.24) is 9.55 Å². The van der Waals surface area contributed by atoms with E-state index in [1.165, 1.54) is 24.3 Å². The van der Waals surface area contributed by atoms with Crippen LogP contribution >= 0.6 is 0 Å². The molecule has 0 aliphatic heterocycles. The molecule has 0 fully saturated rings. The topological polar surface area (TPSA) is 62.3 Å². The molecule has 0 aliphatic carbocycles. The van der Waals surface area contributed by atoms with Crippen LogP contribution in [0.2, 0.25) is 0 Å². The zero-order valence-corrected chi connectivity index (χ0v) is 13.1. The molecule has 2 aromatic carbocycles. The Balaban J connectivity index is 1.86. The molecule has 2 N–H and O–H groups in total. The molecule has 8 heteroatoms. The lowest BCUT2D eigenvalue weighted by molar-refractivity contribution is -0.274. The number of benzene rings is 2. The summed E-state index contributed by atoms with van der Waals surface area (Å²) in [5.41, 5.74) is 7.83. The summed E-state index contributed by atoms with van der Waals surface area (Å²) in [5.74, 6) is 0.470. The Hall–Kier alpha value is -3.16. The smallest absolute Gasteiger partial charge is 0.455 e. The van der Waals surface area contributed by atoms with Crippen LogP contribution in [0.3, 0.4) is 0 Å². The molecule has 3 aromatic rings. The van der Waals surface area contributed by atoms with Gasteiger partial charge in [0, 0.05) is 18.0 Å². The number of imidazole rings is 1. The van der Waals surface area contributed by atoms with Gasteiger partial charge in [-0.2, -0.15) is 0 Å². The summed E-state index contributed by atoms with van der Waals surface area (Å²) in [4.78, 5) is 4.16. The van der Waals surface area contributed by atoms with Crippen molar-refractivity contribution in [2.45, 2.75) is 13.3 Å². The van der Waals surface area contributed by atoms with Crippen molar-refractivity contribution in [2.75, 3.05) is 5.73 Å². The van der Waals surface area contributed by atoms with Gasteiger partial charge >= 0.3 is 6.36 Å². The van der Waals surface area contributed by atoms with Gasteiger partial charge < -0.3 is 19.8 Å². The lowest BCUT2D eigenvalue weighted by Crippen LogP contribution is -2.16. The van der Waals surface area contributed by atoms with Gasteiger partial charge in [0.2, 0.25) is 0 Å². The SMILES string of the molecule is Cc1cn(-c2ccc(N)cc2Oc2ccc(OC(F)(F)F)cc2)cn1. The molecule has 0 atom stereocenters. The molecule has 0 spiro atoms. The van der Waals surface area contributed by atoms with Gasteiger partial charge in [-0.3, -0.25) is 0 Å². The molecule has 0 saturated heterocycles. The average molecular weight is 349 g/mol. The number of halogens is 3. The highest BCUT2D eigenvalue weighted by Gasteiger charge is 2.31. The Morgan fingerprint density at radius 3 is 2.32 bits per heavy atom. The lowest BCUT2D eigenvalue weighted by atomic mass is 10.2. The Kier molecular flexibility index (Phi) is 4.26. The van der Waals surface area contributed by atoms with Crippen LogP contribution in [0.1, 0.15) is 5.69 Å². The van der Waals surface area contributed by atoms with E-state index in [-0.39, 0.29) is 5.75 Å². The van der Waals surface area contributed by atoms with E-state index in [0.29, 0.717) is 22.9 Å². The zero-order valence-electron chi connectivity index (χ0n) is 13.1. The van der Waals surface area contributed by atoms with Gasteiger partial charge in [-0.1, -0.05) is 0 Å². The van der Waals surface area contributed by atoms with Crippen molar-refractivity contribution >= 4 is 5.69 Å². The molecular formula is C17H14F3N3O2. The molecule has 3 rings (SSSR count). The number of aryl methyl sites for hydroxylation is 1. The van der Waals surface area contributed by atoms with Crippen LogP contribution in [0.15, 0.2) is 55.0 Å². The van der Waals surface area contributed by atoms with E-state index >= 15 is 0 Å². The quantitative estimate of drug-likeness (QED) is 0.707. The van der Waals surface area contributed by atoms with Crippen molar-refractivity contribution in [2.24, 2.45) is 0 Å². The summed E-state index contributed by atoms with van der Waals surface area (Å²) in [5, 5.41) is 0. The third-order valence-electron chi connectivity index (χ3n) is 3.26. The number of nitrogens with two attached hydrogens (primary N) is 1. The number of anilines is 1. The minimum Gasteiger partial charge on any atom is -0.455 e. The summed E-state index contributed by atoms with van der Waals surface area (Å²) in [7, 11) is 0. The maximum Gasteiger partial charge on any atom is 0.573 e. The number of nitrogen functional groups attached to an aromatic ring is 1. The average Bonchev–Trinajstić information content (AvgIpc) is 2.94. The molecule has 130 valence electrons. The lowest BCUT2D eigenvalue weighted by Gasteiger charge is -2.13. The maximum absolute atomic E-state index is 12.2. The van der Waals surface area contributed by atoms with E-state index in [4.69, 9.17) is 10.5 Å². The molecule has 0 bridgehead atoms.